The van der Waals surface area contributed by atoms with Gasteiger partial charge in [0.05, 0.1) is 29.3 Å². The molecular weight excluding hydrogens is 323 g/mol. The Morgan fingerprint density at radius 3 is 2.68 bits per heavy atom. The number of hydrogen-bond acceptors (Lipinski definition) is 4. The number of ether oxygens (including phenoxy) is 1. The second-order valence-corrected chi connectivity index (χ2v) is 4.33. The molecule has 0 aliphatic heterocycles. The number of halogens is 4. The maximum atomic E-state index is 12.5. The molecule has 0 bridgehead atoms. The standard InChI is InChI=1S/C13H11ClF3N3O2/c1-3-22-12(21)7-11(18-2)20-19-10-5-4-8(6-9(10)14)13(15,16)17/h4-6,19H,3,7H2,1H3/b20-11-. The lowest BCUT2D eigenvalue weighted by molar-refractivity contribution is -0.141. The second kappa shape index (κ2) is 7.66. The summed E-state index contributed by atoms with van der Waals surface area (Å²) in [6.45, 7) is 8.67. The number of esters is 1. The van der Waals surface area contributed by atoms with Gasteiger partial charge >= 0.3 is 12.1 Å². The monoisotopic (exact) mass is 333 g/mol. The van der Waals surface area contributed by atoms with E-state index in [4.69, 9.17) is 18.2 Å². The number of benzene rings is 1. The van der Waals surface area contributed by atoms with Crippen molar-refractivity contribution in [2.45, 2.75) is 19.5 Å². The molecule has 0 heterocycles. The topological polar surface area (TPSA) is 55.0 Å². The van der Waals surface area contributed by atoms with Gasteiger partial charge in [0.25, 0.3) is 5.84 Å². The zero-order valence-electron chi connectivity index (χ0n) is 11.4. The molecule has 1 aromatic carbocycles. The minimum absolute atomic E-state index is 0.0830. The van der Waals surface area contributed by atoms with Crippen molar-refractivity contribution in [2.24, 2.45) is 5.10 Å². The molecule has 0 fully saturated rings. The minimum Gasteiger partial charge on any atom is -0.467 e. The summed E-state index contributed by atoms with van der Waals surface area (Å²) in [4.78, 5) is 14.2. The van der Waals surface area contributed by atoms with Crippen LogP contribution in [0.25, 0.3) is 4.85 Å². The molecule has 0 aliphatic rings. The molecular formula is C13H11ClF3N3O2. The number of carbonyl (C=O) groups is 1. The Labute approximate surface area is 129 Å². The van der Waals surface area contributed by atoms with Crippen LogP contribution in [0.4, 0.5) is 18.9 Å². The molecule has 0 radical (unpaired) electrons. The van der Waals surface area contributed by atoms with Crippen molar-refractivity contribution in [1.82, 2.24) is 0 Å². The zero-order valence-corrected chi connectivity index (χ0v) is 12.1. The molecule has 0 aliphatic carbocycles. The van der Waals surface area contributed by atoms with Gasteiger partial charge in [0.1, 0.15) is 0 Å². The molecule has 9 heteroatoms. The Morgan fingerprint density at radius 1 is 1.50 bits per heavy atom. The predicted octanol–water partition coefficient (Wildman–Crippen LogP) is 3.96. The van der Waals surface area contributed by atoms with Crippen molar-refractivity contribution in [3.05, 3.63) is 40.2 Å². The van der Waals surface area contributed by atoms with Crippen LogP contribution in [0.2, 0.25) is 5.02 Å². The Hall–Kier alpha value is -2.27. The van der Waals surface area contributed by atoms with Gasteiger partial charge in [-0.3, -0.25) is 4.79 Å². The third-order valence-electron chi connectivity index (χ3n) is 2.34. The Kier molecular flexibility index (Phi) is 6.19. The fraction of sp³-hybridized carbons (Fsp3) is 0.308. The smallest absolute Gasteiger partial charge is 0.416 e. The Morgan fingerprint density at radius 2 is 2.18 bits per heavy atom. The maximum absolute atomic E-state index is 12.5. The average Bonchev–Trinajstić information content (AvgIpc) is 2.43. The van der Waals surface area contributed by atoms with Crippen LogP contribution in [0.5, 0.6) is 0 Å². The molecule has 0 amide bonds. The zero-order chi connectivity index (χ0) is 16.8. The van der Waals surface area contributed by atoms with Gasteiger partial charge in [0, 0.05) is 0 Å². The number of nitrogens with one attached hydrogen (secondary N) is 1. The lowest BCUT2D eigenvalue weighted by atomic mass is 10.2. The van der Waals surface area contributed by atoms with Crippen LogP contribution in [0.3, 0.4) is 0 Å². The fourth-order valence-corrected chi connectivity index (χ4v) is 1.57. The van der Waals surface area contributed by atoms with Crippen molar-refractivity contribution in [3.8, 4) is 0 Å². The van der Waals surface area contributed by atoms with Gasteiger partial charge in [-0.05, 0) is 30.2 Å². The molecule has 0 atom stereocenters. The number of hydrogen-bond donors (Lipinski definition) is 1. The van der Waals surface area contributed by atoms with Crippen molar-refractivity contribution in [1.29, 1.82) is 0 Å². The molecule has 0 spiro atoms. The molecule has 1 aromatic rings. The fourth-order valence-electron chi connectivity index (χ4n) is 1.35. The quantitative estimate of drug-likeness (QED) is 0.292. The summed E-state index contributed by atoms with van der Waals surface area (Å²) in [5.74, 6) is -0.827. The first kappa shape index (κ1) is 17.8. The van der Waals surface area contributed by atoms with E-state index in [1.54, 1.807) is 6.92 Å². The number of amidine groups is 1. The van der Waals surface area contributed by atoms with E-state index in [-0.39, 0.29) is 29.6 Å². The summed E-state index contributed by atoms with van der Waals surface area (Å²) in [7, 11) is 0. The van der Waals surface area contributed by atoms with E-state index in [2.05, 4.69) is 20.1 Å². The predicted molar refractivity (Wildman–Crippen MR) is 75.4 cm³/mol. The molecule has 0 unspecified atom stereocenters. The number of alkyl halides is 3. The van der Waals surface area contributed by atoms with Gasteiger partial charge in [-0.2, -0.15) is 13.2 Å². The highest BCUT2D eigenvalue weighted by molar-refractivity contribution is 6.33. The normalized spacial score (nSPS) is 11.7. The van der Waals surface area contributed by atoms with Crippen LogP contribution in [0.15, 0.2) is 23.3 Å². The summed E-state index contributed by atoms with van der Waals surface area (Å²) in [6, 6.07) is 2.65. The van der Waals surface area contributed by atoms with Crippen LogP contribution in [0.1, 0.15) is 18.9 Å². The number of nitrogens with zero attached hydrogens (tertiary/aromatic N) is 2. The lowest BCUT2D eigenvalue weighted by Gasteiger charge is -2.08. The van der Waals surface area contributed by atoms with Crippen LogP contribution in [-0.4, -0.2) is 18.4 Å². The summed E-state index contributed by atoms with van der Waals surface area (Å²) < 4.78 is 42.1. The summed E-state index contributed by atoms with van der Waals surface area (Å²) >= 11 is 5.72. The van der Waals surface area contributed by atoms with Crippen LogP contribution in [-0.2, 0) is 15.7 Å². The molecule has 0 saturated heterocycles. The van der Waals surface area contributed by atoms with Gasteiger partial charge in [0.2, 0.25) is 0 Å². The third-order valence-corrected chi connectivity index (χ3v) is 2.65. The molecule has 22 heavy (non-hydrogen) atoms. The highest BCUT2D eigenvalue weighted by atomic mass is 35.5. The first-order valence-corrected chi connectivity index (χ1v) is 6.38. The molecule has 1 rings (SSSR count). The second-order valence-electron chi connectivity index (χ2n) is 3.93. The number of hydrazone groups is 1. The van der Waals surface area contributed by atoms with E-state index in [0.29, 0.717) is 0 Å². The van der Waals surface area contributed by atoms with Crippen LogP contribution in [0, 0.1) is 6.57 Å². The minimum atomic E-state index is -4.50. The first-order valence-electron chi connectivity index (χ1n) is 6.00. The van der Waals surface area contributed by atoms with E-state index < -0.39 is 17.7 Å². The van der Waals surface area contributed by atoms with E-state index in [1.165, 1.54) is 0 Å². The summed E-state index contributed by atoms with van der Waals surface area (Å²) in [6.07, 6.45) is -4.85. The Balaban J connectivity index is 2.84. The highest BCUT2D eigenvalue weighted by Gasteiger charge is 2.30. The van der Waals surface area contributed by atoms with Crippen molar-refractivity contribution >= 4 is 29.1 Å². The van der Waals surface area contributed by atoms with Gasteiger partial charge in [-0.25, -0.2) is 5.43 Å². The van der Waals surface area contributed by atoms with Gasteiger partial charge in [-0.15, -0.1) is 0 Å². The molecule has 0 aromatic heterocycles. The summed E-state index contributed by atoms with van der Waals surface area (Å²) in [5, 5.41) is 3.42. The third kappa shape index (κ3) is 5.26. The lowest BCUT2D eigenvalue weighted by Crippen LogP contribution is -2.10. The van der Waals surface area contributed by atoms with E-state index in [9.17, 15) is 18.0 Å². The van der Waals surface area contributed by atoms with E-state index in [0.717, 1.165) is 18.2 Å². The maximum Gasteiger partial charge on any atom is 0.416 e. The molecule has 0 saturated carbocycles. The van der Waals surface area contributed by atoms with Crippen molar-refractivity contribution < 1.29 is 22.7 Å². The van der Waals surface area contributed by atoms with Crippen molar-refractivity contribution in [3.63, 3.8) is 0 Å². The number of rotatable bonds is 5. The van der Waals surface area contributed by atoms with Crippen LogP contribution >= 0.6 is 11.6 Å². The number of anilines is 1. The van der Waals surface area contributed by atoms with Crippen LogP contribution < -0.4 is 5.43 Å². The SMILES string of the molecule is [C-]#[N+]/C(CC(=O)OCC)=N\Nc1ccc(C(F)(F)F)cc1Cl. The van der Waals surface area contributed by atoms with Gasteiger partial charge in [-0.1, -0.05) is 18.2 Å². The number of carbonyl (C=O) groups excluding carboxylic acids is 1. The van der Waals surface area contributed by atoms with Gasteiger partial charge < -0.3 is 9.58 Å². The van der Waals surface area contributed by atoms with Crippen molar-refractivity contribution in [2.75, 3.05) is 12.0 Å². The van der Waals surface area contributed by atoms with Gasteiger partial charge in [0.15, 0.2) is 0 Å². The summed E-state index contributed by atoms with van der Waals surface area (Å²) in [5.41, 5.74) is 1.54. The van der Waals surface area contributed by atoms with E-state index in [1.807, 2.05) is 0 Å². The Bertz CT molecular complexity index is 624. The highest BCUT2D eigenvalue weighted by Crippen LogP contribution is 2.33. The first-order chi connectivity index (χ1) is 10.3. The molecule has 5 nitrogen and oxygen atoms in total. The van der Waals surface area contributed by atoms with E-state index >= 15 is 0 Å². The largest absolute Gasteiger partial charge is 0.467 e. The molecule has 118 valence electrons. The average molecular weight is 334 g/mol. The molecule has 1 N–H and O–H groups in total.